The Morgan fingerprint density at radius 1 is 1.25 bits per heavy atom. The zero-order valence-corrected chi connectivity index (χ0v) is 11.3. The average Bonchev–Trinajstić information content (AvgIpc) is 2.37. The third-order valence-corrected chi connectivity index (χ3v) is 2.83. The van der Waals surface area contributed by atoms with E-state index in [9.17, 15) is 25.0 Å². The Balaban J connectivity index is 3.21. The maximum Gasteiger partial charge on any atom is 0.345 e. The average molecular weight is 282 g/mol. The summed E-state index contributed by atoms with van der Waals surface area (Å²) in [6, 6.07) is 2.81. The molecule has 0 fully saturated rings. The lowest BCUT2D eigenvalue weighted by atomic mass is 10.1. The minimum absolute atomic E-state index is 0.304. The number of nitro groups is 2. The van der Waals surface area contributed by atoms with E-state index in [1.54, 1.807) is 20.8 Å². The van der Waals surface area contributed by atoms with Crippen molar-refractivity contribution in [2.75, 3.05) is 0 Å². The van der Waals surface area contributed by atoms with Crippen LogP contribution in [0, 0.1) is 20.2 Å². The molecule has 0 aliphatic heterocycles. The molecule has 0 bridgehead atoms. The summed E-state index contributed by atoms with van der Waals surface area (Å²) in [5, 5.41) is 21.5. The summed E-state index contributed by atoms with van der Waals surface area (Å²) < 4.78 is 5.15. The van der Waals surface area contributed by atoms with Gasteiger partial charge in [-0.3, -0.25) is 20.2 Å². The van der Waals surface area contributed by atoms with Gasteiger partial charge >= 0.3 is 5.97 Å². The number of rotatable bonds is 5. The predicted molar refractivity (Wildman–Crippen MR) is 69.5 cm³/mol. The first-order chi connectivity index (χ1) is 9.18. The van der Waals surface area contributed by atoms with Gasteiger partial charge in [0, 0.05) is 6.07 Å². The van der Waals surface area contributed by atoms with Gasteiger partial charge in [-0.05, 0) is 26.3 Å². The molecule has 8 heteroatoms. The summed E-state index contributed by atoms with van der Waals surface area (Å²) in [6.07, 6.45) is 0.527. The molecule has 0 saturated heterocycles. The summed E-state index contributed by atoms with van der Waals surface area (Å²) in [5.41, 5.74) is -2.17. The molecule has 0 amide bonds. The van der Waals surface area contributed by atoms with Crippen molar-refractivity contribution in [1.82, 2.24) is 0 Å². The van der Waals surface area contributed by atoms with Gasteiger partial charge in [-0.2, -0.15) is 0 Å². The van der Waals surface area contributed by atoms with E-state index in [-0.39, 0.29) is 5.56 Å². The summed E-state index contributed by atoms with van der Waals surface area (Å²) in [7, 11) is 0. The first-order valence-electron chi connectivity index (χ1n) is 5.84. The minimum Gasteiger partial charge on any atom is -0.456 e. The number of hydrogen-bond acceptors (Lipinski definition) is 6. The Hall–Kier alpha value is -2.51. The van der Waals surface area contributed by atoms with Gasteiger partial charge in [0.2, 0.25) is 0 Å². The summed E-state index contributed by atoms with van der Waals surface area (Å²) in [6.45, 7) is 5.14. The summed E-state index contributed by atoms with van der Waals surface area (Å²) in [4.78, 5) is 31.8. The van der Waals surface area contributed by atoms with Crippen LogP contribution in [0.25, 0.3) is 0 Å². The van der Waals surface area contributed by atoms with Gasteiger partial charge in [0.15, 0.2) is 0 Å². The van der Waals surface area contributed by atoms with Crippen molar-refractivity contribution in [3.8, 4) is 0 Å². The second-order valence-electron chi connectivity index (χ2n) is 4.72. The minimum atomic E-state index is -0.876. The maximum atomic E-state index is 11.9. The molecule has 8 nitrogen and oxygen atoms in total. The Labute approximate surface area is 114 Å². The fourth-order valence-corrected chi connectivity index (χ4v) is 1.34. The van der Waals surface area contributed by atoms with Gasteiger partial charge in [-0.15, -0.1) is 0 Å². The summed E-state index contributed by atoms with van der Waals surface area (Å²) in [5.74, 6) is -0.876. The van der Waals surface area contributed by atoms with E-state index in [4.69, 9.17) is 4.74 Å². The second-order valence-corrected chi connectivity index (χ2v) is 4.72. The fraction of sp³-hybridized carbons (Fsp3) is 0.417. The highest BCUT2D eigenvalue weighted by atomic mass is 16.6. The van der Waals surface area contributed by atoms with Crippen LogP contribution < -0.4 is 0 Å². The Morgan fingerprint density at radius 3 is 2.30 bits per heavy atom. The van der Waals surface area contributed by atoms with E-state index in [0.29, 0.717) is 6.42 Å². The lowest BCUT2D eigenvalue weighted by Crippen LogP contribution is -2.27. The standard InChI is InChI=1S/C12H14N2O6/c1-4-12(2,3)20-11(15)9-6-5-8(13(16)17)7-10(9)14(18)19/h5-7H,4H2,1-3H3. The number of nitro benzene ring substituents is 2. The van der Waals surface area contributed by atoms with Crippen LogP contribution in [-0.2, 0) is 4.74 Å². The lowest BCUT2D eigenvalue weighted by molar-refractivity contribution is -0.394. The highest BCUT2D eigenvalue weighted by Gasteiger charge is 2.29. The van der Waals surface area contributed by atoms with Crippen molar-refractivity contribution in [3.63, 3.8) is 0 Å². The molecular weight excluding hydrogens is 268 g/mol. The molecule has 0 spiro atoms. The van der Waals surface area contributed by atoms with E-state index in [2.05, 4.69) is 0 Å². The van der Waals surface area contributed by atoms with Crippen molar-refractivity contribution < 1.29 is 19.4 Å². The first-order valence-corrected chi connectivity index (χ1v) is 5.84. The molecule has 0 atom stereocenters. The van der Waals surface area contributed by atoms with Gasteiger partial charge in [0.05, 0.1) is 15.9 Å². The topological polar surface area (TPSA) is 113 Å². The van der Waals surface area contributed by atoms with Gasteiger partial charge in [0.25, 0.3) is 11.4 Å². The van der Waals surface area contributed by atoms with Gasteiger partial charge in [0.1, 0.15) is 11.2 Å². The Morgan fingerprint density at radius 2 is 1.85 bits per heavy atom. The van der Waals surface area contributed by atoms with Crippen LogP contribution in [0.2, 0.25) is 0 Å². The normalized spacial score (nSPS) is 10.9. The molecule has 0 saturated carbocycles. The van der Waals surface area contributed by atoms with Crippen molar-refractivity contribution >= 4 is 17.3 Å². The second kappa shape index (κ2) is 5.64. The third-order valence-electron chi connectivity index (χ3n) is 2.83. The zero-order valence-electron chi connectivity index (χ0n) is 11.3. The SMILES string of the molecule is CCC(C)(C)OC(=O)c1ccc([N+](=O)[O-])cc1[N+](=O)[O-]. The molecule has 1 rings (SSSR count). The molecule has 108 valence electrons. The first kappa shape index (κ1) is 15.5. The Kier molecular flexibility index (Phi) is 4.38. The molecule has 0 aliphatic rings. The molecule has 0 aliphatic carbocycles. The van der Waals surface area contributed by atoms with Crippen LogP contribution in [-0.4, -0.2) is 21.4 Å². The van der Waals surface area contributed by atoms with E-state index in [0.717, 1.165) is 18.2 Å². The molecule has 0 radical (unpaired) electrons. The number of carbonyl (C=O) groups is 1. The summed E-state index contributed by atoms with van der Waals surface area (Å²) >= 11 is 0. The Bertz CT molecular complexity index is 567. The van der Waals surface area contributed by atoms with Crippen LogP contribution in [0.15, 0.2) is 18.2 Å². The number of benzene rings is 1. The van der Waals surface area contributed by atoms with Crippen molar-refractivity contribution in [2.24, 2.45) is 0 Å². The van der Waals surface area contributed by atoms with E-state index < -0.39 is 32.8 Å². The highest BCUT2D eigenvalue weighted by molar-refractivity contribution is 5.94. The number of ether oxygens (including phenoxy) is 1. The van der Waals surface area contributed by atoms with Crippen LogP contribution in [0.4, 0.5) is 11.4 Å². The zero-order chi connectivity index (χ0) is 15.5. The highest BCUT2D eigenvalue weighted by Crippen LogP contribution is 2.27. The molecule has 0 N–H and O–H groups in total. The van der Waals surface area contributed by atoms with Crippen LogP contribution >= 0.6 is 0 Å². The number of nitrogens with zero attached hydrogens (tertiary/aromatic N) is 2. The van der Waals surface area contributed by atoms with Gasteiger partial charge in [-0.25, -0.2) is 4.79 Å². The van der Waals surface area contributed by atoms with Crippen molar-refractivity contribution in [3.05, 3.63) is 44.0 Å². The number of hydrogen-bond donors (Lipinski definition) is 0. The maximum absolute atomic E-state index is 11.9. The molecule has 1 aromatic rings. The fourth-order valence-electron chi connectivity index (χ4n) is 1.34. The van der Waals surface area contributed by atoms with Crippen LogP contribution in [0.1, 0.15) is 37.6 Å². The number of carbonyl (C=O) groups excluding carboxylic acids is 1. The van der Waals surface area contributed by atoms with E-state index in [1.165, 1.54) is 0 Å². The largest absolute Gasteiger partial charge is 0.456 e. The lowest BCUT2D eigenvalue weighted by Gasteiger charge is -2.23. The molecule has 0 heterocycles. The monoisotopic (exact) mass is 282 g/mol. The van der Waals surface area contributed by atoms with E-state index in [1.807, 2.05) is 0 Å². The smallest absolute Gasteiger partial charge is 0.345 e. The van der Waals surface area contributed by atoms with Crippen molar-refractivity contribution in [2.45, 2.75) is 32.8 Å². The number of non-ortho nitro benzene ring substituents is 1. The third kappa shape index (κ3) is 3.50. The quantitative estimate of drug-likeness (QED) is 0.466. The molecule has 0 aromatic heterocycles. The number of esters is 1. The molecule has 1 aromatic carbocycles. The van der Waals surface area contributed by atoms with Crippen LogP contribution in [0.3, 0.4) is 0 Å². The van der Waals surface area contributed by atoms with Crippen molar-refractivity contribution in [1.29, 1.82) is 0 Å². The van der Waals surface area contributed by atoms with Crippen LogP contribution in [0.5, 0.6) is 0 Å². The van der Waals surface area contributed by atoms with Gasteiger partial charge < -0.3 is 4.74 Å². The van der Waals surface area contributed by atoms with Gasteiger partial charge in [-0.1, -0.05) is 6.92 Å². The molecule has 20 heavy (non-hydrogen) atoms. The molecular formula is C12H14N2O6. The molecule has 0 unspecified atom stereocenters. The van der Waals surface area contributed by atoms with E-state index >= 15 is 0 Å². The predicted octanol–water partition coefficient (Wildman–Crippen LogP) is 2.85.